The summed E-state index contributed by atoms with van der Waals surface area (Å²) < 4.78 is 5.08. The molecule has 1 fully saturated rings. The predicted molar refractivity (Wildman–Crippen MR) is 71.9 cm³/mol. The molecular weight excluding hydrogens is 226 g/mol. The van der Waals surface area contributed by atoms with Gasteiger partial charge in [-0.25, -0.2) is 0 Å². The number of nitrogens with two attached hydrogens (primary N) is 1. The van der Waals surface area contributed by atoms with Crippen molar-refractivity contribution in [2.75, 3.05) is 7.11 Å². The summed E-state index contributed by atoms with van der Waals surface area (Å²) in [5, 5.41) is 0. The molecule has 1 aromatic rings. The minimum Gasteiger partial charge on any atom is -0.497 e. The molecule has 0 radical (unpaired) electrons. The van der Waals surface area contributed by atoms with Gasteiger partial charge in [-0.05, 0) is 43.0 Å². The fourth-order valence-electron chi connectivity index (χ4n) is 2.66. The van der Waals surface area contributed by atoms with Crippen LogP contribution in [0.3, 0.4) is 0 Å². The average Bonchev–Trinajstić information content (AvgIpc) is 2.47. The van der Waals surface area contributed by atoms with Gasteiger partial charge in [0.25, 0.3) is 0 Å². The Labute approximate surface area is 108 Å². The van der Waals surface area contributed by atoms with Crippen LogP contribution in [0.25, 0.3) is 0 Å². The van der Waals surface area contributed by atoms with Crippen LogP contribution in [-0.2, 0) is 0 Å². The normalized spacial score (nSPS) is 18.3. The first kappa shape index (κ1) is 13.1. The van der Waals surface area contributed by atoms with Crippen molar-refractivity contribution in [3.63, 3.8) is 0 Å². The summed E-state index contributed by atoms with van der Waals surface area (Å²) in [6, 6.07) is 6.86. The monoisotopic (exact) mass is 247 g/mol. The highest BCUT2D eigenvalue weighted by molar-refractivity contribution is 6.00. The maximum absolute atomic E-state index is 12.3. The molecule has 1 aliphatic carbocycles. The molecule has 3 nitrogen and oxygen atoms in total. The minimum atomic E-state index is -0.348. The molecule has 18 heavy (non-hydrogen) atoms. The first-order valence-electron chi connectivity index (χ1n) is 6.66. The third-order valence-electron chi connectivity index (χ3n) is 3.83. The number of carbonyl (C=O) groups is 1. The van der Waals surface area contributed by atoms with E-state index in [-0.39, 0.29) is 11.8 Å². The Kier molecular flexibility index (Phi) is 4.37. The maximum atomic E-state index is 12.3. The lowest BCUT2D eigenvalue weighted by molar-refractivity contribution is 0.0916. The molecule has 1 aliphatic rings. The van der Waals surface area contributed by atoms with Gasteiger partial charge in [-0.1, -0.05) is 19.3 Å². The van der Waals surface area contributed by atoms with Gasteiger partial charge in [0.15, 0.2) is 5.78 Å². The number of ketones is 1. The van der Waals surface area contributed by atoms with E-state index in [4.69, 9.17) is 10.5 Å². The van der Waals surface area contributed by atoms with Gasteiger partial charge in [-0.3, -0.25) is 4.79 Å². The van der Waals surface area contributed by atoms with E-state index in [9.17, 15) is 4.79 Å². The molecule has 1 saturated carbocycles. The van der Waals surface area contributed by atoms with Crippen LogP contribution < -0.4 is 10.5 Å². The average molecular weight is 247 g/mol. The summed E-state index contributed by atoms with van der Waals surface area (Å²) in [6.45, 7) is 0. The molecule has 1 atom stereocenters. The number of carbonyl (C=O) groups excluding carboxylic acids is 1. The molecule has 2 rings (SSSR count). The summed E-state index contributed by atoms with van der Waals surface area (Å²) in [6.07, 6.45) is 5.86. The van der Waals surface area contributed by atoms with E-state index in [0.717, 1.165) is 18.6 Å². The minimum absolute atomic E-state index is 0.0598. The van der Waals surface area contributed by atoms with Gasteiger partial charge < -0.3 is 10.5 Å². The van der Waals surface area contributed by atoms with Crippen molar-refractivity contribution in [1.29, 1.82) is 0 Å². The second kappa shape index (κ2) is 6.01. The number of ether oxygens (including phenoxy) is 1. The van der Waals surface area contributed by atoms with Crippen LogP contribution in [0.2, 0.25) is 0 Å². The Morgan fingerprint density at radius 2 is 1.83 bits per heavy atom. The second-order valence-electron chi connectivity index (χ2n) is 5.02. The lowest BCUT2D eigenvalue weighted by Gasteiger charge is -2.26. The summed E-state index contributed by atoms with van der Waals surface area (Å²) in [7, 11) is 1.62. The SMILES string of the molecule is COc1ccc(C(=O)C(N)C2CCCCC2)cc1. The van der Waals surface area contributed by atoms with Gasteiger partial charge in [0.05, 0.1) is 13.2 Å². The summed E-state index contributed by atoms with van der Waals surface area (Å²) in [4.78, 5) is 12.3. The Balaban J connectivity index is 2.04. The molecule has 0 spiro atoms. The van der Waals surface area contributed by atoms with E-state index in [2.05, 4.69) is 0 Å². The fraction of sp³-hybridized carbons (Fsp3) is 0.533. The van der Waals surface area contributed by atoms with Crippen LogP contribution in [-0.4, -0.2) is 18.9 Å². The Morgan fingerprint density at radius 1 is 1.22 bits per heavy atom. The highest BCUT2D eigenvalue weighted by atomic mass is 16.5. The van der Waals surface area contributed by atoms with Crippen molar-refractivity contribution in [2.45, 2.75) is 38.1 Å². The van der Waals surface area contributed by atoms with Gasteiger partial charge in [0.2, 0.25) is 0 Å². The highest BCUT2D eigenvalue weighted by Gasteiger charge is 2.26. The molecule has 1 unspecified atom stereocenters. The number of benzene rings is 1. The topological polar surface area (TPSA) is 52.3 Å². The van der Waals surface area contributed by atoms with Crippen molar-refractivity contribution in [2.24, 2.45) is 11.7 Å². The zero-order chi connectivity index (χ0) is 13.0. The maximum Gasteiger partial charge on any atom is 0.179 e. The molecule has 3 heteroatoms. The van der Waals surface area contributed by atoms with Crippen LogP contribution >= 0.6 is 0 Å². The molecule has 0 heterocycles. The largest absolute Gasteiger partial charge is 0.497 e. The third-order valence-corrected chi connectivity index (χ3v) is 3.83. The van der Waals surface area contributed by atoms with E-state index in [0.29, 0.717) is 11.5 Å². The van der Waals surface area contributed by atoms with Crippen molar-refractivity contribution in [3.8, 4) is 5.75 Å². The van der Waals surface area contributed by atoms with Crippen LogP contribution in [0.15, 0.2) is 24.3 Å². The Bertz CT molecular complexity index is 393. The lowest BCUT2D eigenvalue weighted by Crippen LogP contribution is -2.39. The third kappa shape index (κ3) is 2.91. The van der Waals surface area contributed by atoms with Gasteiger partial charge in [0.1, 0.15) is 5.75 Å². The van der Waals surface area contributed by atoms with Crippen molar-refractivity contribution in [1.82, 2.24) is 0 Å². The van der Waals surface area contributed by atoms with Gasteiger partial charge in [-0.15, -0.1) is 0 Å². The van der Waals surface area contributed by atoms with Crippen molar-refractivity contribution in [3.05, 3.63) is 29.8 Å². The van der Waals surface area contributed by atoms with E-state index < -0.39 is 0 Å². The van der Waals surface area contributed by atoms with Crippen LogP contribution in [0.1, 0.15) is 42.5 Å². The quantitative estimate of drug-likeness (QED) is 0.832. The summed E-state index contributed by atoms with van der Waals surface area (Å²) >= 11 is 0. The van der Waals surface area contributed by atoms with Gasteiger partial charge in [0, 0.05) is 5.56 Å². The number of Topliss-reactive ketones (excluding diaryl/α,β-unsaturated/α-hetero) is 1. The fourth-order valence-corrected chi connectivity index (χ4v) is 2.66. The first-order valence-corrected chi connectivity index (χ1v) is 6.66. The number of hydrogen-bond donors (Lipinski definition) is 1. The van der Waals surface area contributed by atoms with Crippen molar-refractivity contribution < 1.29 is 9.53 Å². The first-order chi connectivity index (χ1) is 8.72. The second-order valence-corrected chi connectivity index (χ2v) is 5.02. The van der Waals surface area contributed by atoms with E-state index in [1.54, 1.807) is 31.4 Å². The number of rotatable bonds is 4. The molecule has 0 bridgehead atoms. The molecule has 98 valence electrons. The van der Waals surface area contributed by atoms with Crippen LogP contribution in [0.4, 0.5) is 0 Å². The van der Waals surface area contributed by atoms with E-state index >= 15 is 0 Å². The van der Waals surface area contributed by atoms with E-state index in [1.807, 2.05) is 0 Å². The lowest BCUT2D eigenvalue weighted by atomic mass is 9.81. The predicted octanol–water partition coefficient (Wildman–Crippen LogP) is 2.79. The molecule has 2 N–H and O–H groups in total. The summed E-state index contributed by atoms with van der Waals surface area (Å²) in [5.41, 5.74) is 6.80. The van der Waals surface area contributed by atoms with E-state index in [1.165, 1.54) is 19.3 Å². The number of hydrogen-bond acceptors (Lipinski definition) is 3. The van der Waals surface area contributed by atoms with Gasteiger partial charge in [-0.2, -0.15) is 0 Å². The van der Waals surface area contributed by atoms with Crippen LogP contribution in [0, 0.1) is 5.92 Å². The highest BCUT2D eigenvalue weighted by Crippen LogP contribution is 2.27. The molecule has 0 amide bonds. The van der Waals surface area contributed by atoms with Crippen molar-refractivity contribution >= 4 is 5.78 Å². The molecule has 0 aromatic heterocycles. The zero-order valence-electron chi connectivity index (χ0n) is 10.9. The Morgan fingerprint density at radius 3 is 2.39 bits per heavy atom. The molecule has 0 saturated heterocycles. The van der Waals surface area contributed by atoms with Crippen LogP contribution in [0.5, 0.6) is 5.75 Å². The molecule has 0 aliphatic heterocycles. The number of methoxy groups -OCH3 is 1. The van der Waals surface area contributed by atoms with Gasteiger partial charge >= 0.3 is 0 Å². The summed E-state index contributed by atoms with van der Waals surface area (Å²) in [5.74, 6) is 1.18. The standard InChI is InChI=1S/C15H21NO2/c1-18-13-9-7-12(8-10-13)15(17)14(16)11-5-3-2-4-6-11/h7-11,14H,2-6,16H2,1H3. The smallest absolute Gasteiger partial charge is 0.179 e. The Hall–Kier alpha value is -1.35. The zero-order valence-corrected chi connectivity index (χ0v) is 10.9. The molecule has 1 aromatic carbocycles. The molecular formula is C15H21NO2.